The highest BCUT2D eigenvalue weighted by atomic mass is 35.5. The summed E-state index contributed by atoms with van der Waals surface area (Å²) in [5, 5.41) is 12.5. The summed E-state index contributed by atoms with van der Waals surface area (Å²) in [6, 6.07) is 1.17. The molecule has 0 aromatic carbocycles. The Balaban J connectivity index is 0.00000243. The third-order valence-corrected chi connectivity index (χ3v) is 5.83. The SMILES string of the molecule is CCCCC(c1nnnn1CCOC)N1CCN(C2CCCC2)CC1.Cl. The van der Waals surface area contributed by atoms with Crippen molar-refractivity contribution in [2.75, 3.05) is 39.9 Å². The highest BCUT2D eigenvalue weighted by Gasteiger charge is 2.31. The Morgan fingerprint density at radius 3 is 2.54 bits per heavy atom. The molecule has 0 bridgehead atoms. The molecule has 2 heterocycles. The molecule has 2 fully saturated rings. The van der Waals surface area contributed by atoms with Crippen LogP contribution in [0.4, 0.5) is 0 Å². The molecule has 1 aromatic rings. The smallest absolute Gasteiger partial charge is 0.168 e. The summed E-state index contributed by atoms with van der Waals surface area (Å²) in [5.74, 6) is 1.01. The van der Waals surface area contributed by atoms with Gasteiger partial charge in [-0.2, -0.15) is 0 Å². The lowest BCUT2D eigenvalue weighted by molar-refractivity contribution is 0.0614. The Labute approximate surface area is 163 Å². The molecule has 2 aliphatic rings. The predicted molar refractivity (Wildman–Crippen MR) is 105 cm³/mol. The van der Waals surface area contributed by atoms with Gasteiger partial charge in [-0.1, -0.05) is 32.6 Å². The fraction of sp³-hybridized carbons (Fsp3) is 0.944. The molecule has 1 unspecified atom stereocenters. The number of hydrogen-bond acceptors (Lipinski definition) is 6. The van der Waals surface area contributed by atoms with Crippen LogP contribution in [0.3, 0.4) is 0 Å². The van der Waals surface area contributed by atoms with E-state index in [9.17, 15) is 0 Å². The van der Waals surface area contributed by atoms with Crippen LogP contribution >= 0.6 is 12.4 Å². The first-order chi connectivity index (χ1) is 12.3. The maximum atomic E-state index is 5.21. The zero-order valence-corrected chi connectivity index (χ0v) is 17.2. The zero-order valence-electron chi connectivity index (χ0n) is 16.3. The fourth-order valence-electron chi connectivity index (χ4n) is 4.34. The zero-order chi connectivity index (χ0) is 17.5. The van der Waals surface area contributed by atoms with Crippen molar-refractivity contribution in [3.8, 4) is 0 Å². The Kier molecular flexibility index (Phi) is 9.25. The van der Waals surface area contributed by atoms with Crippen LogP contribution in [0.15, 0.2) is 0 Å². The summed E-state index contributed by atoms with van der Waals surface area (Å²) < 4.78 is 7.15. The number of hydrogen-bond donors (Lipinski definition) is 0. The molecule has 0 spiro atoms. The van der Waals surface area contributed by atoms with Crippen molar-refractivity contribution in [3.05, 3.63) is 5.82 Å². The lowest BCUT2D eigenvalue weighted by Crippen LogP contribution is -2.50. The van der Waals surface area contributed by atoms with Crippen LogP contribution in [-0.2, 0) is 11.3 Å². The number of rotatable bonds is 9. The monoisotopic (exact) mass is 386 g/mol. The van der Waals surface area contributed by atoms with E-state index < -0.39 is 0 Å². The van der Waals surface area contributed by atoms with Crippen LogP contribution in [0, 0.1) is 0 Å². The topological polar surface area (TPSA) is 59.3 Å². The molecule has 8 heteroatoms. The molecule has 1 atom stereocenters. The number of nitrogens with zero attached hydrogens (tertiary/aromatic N) is 6. The number of halogens is 1. The van der Waals surface area contributed by atoms with Crippen LogP contribution < -0.4 is 0 Å². The molecule has 1 aromatic heterocycles. The van der Waals surface area contributed by atoms with E-state index in [2.05, 4.69) is 32.2 Å². The molecule has 1 aliphatic heterocycles. The quantitative estimate of drug-likeness (QED) is 0.650. The molecule has 3 rings (SSSR count). The molecule has 1 saturated carbocycles. The van der Waals surface area contributed by atoms with E-state index in [1.165, 1.54) is 51.6 Å². The largest absolute Gasteiger partial charge is 0.383 e. The van der Waals surface area contributed by atoms with E-state index in [0.29, 0.717) is 12.6 Å². The second-order valence-electron chi connectivity index (χ2n) is 7.42. The van der Waals surface area contributed by atoms with Crippen molar-refractivity contribution >= 4 is 12.4 Å². The summed E-state index contributed by atoms with van der Waals surface area (Å²) in [5.41, 5.74) is 0. The summed E-state index contributed by atoms with van der Waals surface area (Å²) in [6.07, 6.45) is 9.18. The van der Waals surface area contributed by atoms with Gasteiger partial charge in [-0.3, -0.25) is 9.80 Å². The minimum atomic E-state index is 0. The number of piperazine rings is 1. The highest BCUT2D eigenvalue weighted by molar-refractivity contribution is 5.85. The molecule has 26 heavy (non-hydrogen) atoms. The number of ether oxygens (including phenoxy) is 1. The Morgan fingerprint density at radius 2 is 1.88 bits per heavy atom. The van der Waals surface area contributed by atoms with Gasteiger partial charge in [0.1, 0.15) is 0 Å². The van der Waals surface area contributed by atoms with Gasteiger partial charge in [0, 0.05) is 39.3 Å². The Bertz CT molecular complexity index is 500. The van der Waals surface area contributed by atoms with Crippen LogP contribution in [0.5, 0.6) is 0 Å². The summed E-state index contributed by atoms with van der Waals surface area (Å²) in [7, 11) is 1.72. The van der Waals surface area contributed by atoms with Crippen molar-refractivity contribution in [3.63, 3.8) is 0 Å². The Hall–Kier alpha value is -0.760. The molecule has 150 valence electrons. The van der Waals surface area contributed by atoms with E-state index in [4.69, 9.17) is 4.74 Å². The maximum absolute atomic E-state index is 5.21. The van der Waals surface area contributed by atoms with Crippen molar-refractivity contribution in [2.24, 2.45) is 0 Å². The summed E-state index contributed by atoms with van der Waals surface area (Å²) in [4.78, 5) is 5.32. The maximum Gasteiger partial charge on any atom is 0.168 e. The third kappa shape index (κ3) is 5.38. The van der Waals surface area contributed by atoms with E-state index in [1.54, 1.807) is 7.11 Å². The van der Waals surface area contributed by atoms with Gasteiger partial charge in [-0.15, -0.1) is 17.5 Å². The first-order valence-corrected chi connectivity index (χ1v) is 10.1. The molecule has 0 radical (unpaired) electrons. The number of unbranched alkanes of at least 4 members (excludes halogenated alkanes) is 1. The fourth-order valence-corrected chi connectivity index (χ4v) is 4.34. The van der Waals surface area contributed by atoms with Crippen LogP contribution in [0.1, 0.15) is 63.7 Å². The van der Waals surface area contributed by atoms with Gasteiger partial charge in [0.25, 0.3) is 0 Å². The van der Waals surface area contributed by atoms with E-state index in [1.807, 2.05) is 4.68 Å². The van der Waals surface area contributed by atoms with Gasteiger partial charge in [-0.05, 0) is 29.7 Å². The lowest BCUT2D eigenvalue weighted by atomic mass is 10.1. The normalized spacial score (nSPS) is 21.0. The van der Waals surface area contributed by atoms with Crippen molar-refractivity contribution in [2.45, 2.75) is 70.5 Å². The second-order valence-corrected chi connectivity index (χ2v) is 7.42. The predicted octanol–water partition coefficient (Wildman–Crippen LogP) is 2.53. The van der Waals surface area contributed by atoms with E-state index in [0.717, 1.165) is 37.9 Å². The summed E-state index contributed by atoms with van der Waals surface area (Å²) >= 11 is 0. The van der Waals surface area contributed by atoms with Crippen LogP contribution in [0.2, 0.25) is 0 Å². The molecule has 1 saturated heterocycles. The van der Waals surface area contributed by atoms with Crippen molar-refractivity contribution < 1.29 is 4.74 Å². The molecule has 1 aliphatic carbocycles. The van der Waals surface area contributed by atoms with Gasteiger partial charge in [-0.25, -0.2) is 4.68 Å². The first-order valence-electron chi connectivity index (χ1n) is 10.1. The molecule has 0 amide bonds. The molecular weight excluding hydrogens is 352 g/mol. The number of aromatic nitrogens is 4. The van der Waals surface area contributed by atoms with Gasteiger partial charge in [0.2, 0.25) is 0 Å². The Morgan fingerprint density at radius 1 is 1.15 bits per heavy atom. The average Bonchev–Trinajstić information content (AvgIpc) is 3.33. The standard InChI is InChI=1S/C18H34N6O.ClH/c1-3-4-9-17(18-19-20-21-24(18)14-15-25-2)23-12-10-22(11-13-23)16-7-5-6-8-16;/h16-17H,3-15H2,1-2H3;1H. The number of tetrazole rings is 1. The molecular formula is C18H35ClN6O. The van der Waals surface area contributed by atoms with Crippen molar-refractivity contribution in [1.82, 2.24) is 30.0 Å². The van der Waals surface area contributed by atoms with E-state index >= 15 is 0 Å². The second kappa shape index (κ2) is 11.2. The van der Waals surface area contributed by atoms with Gasteiger partial charge in [0.05, 0.1) is 19.2 Å². The first kappa shape index (κ1) is 21.5. The number of methoxy groups -OCH3 is 1. The molecule has 7 nitrogen and oxygen atoms in total. The van der Waals surface area contributed by atoms with Gasteiger partial charge in [0.15, 0.2) is 5.82 Å². The highest BCUT2D eigenvalue weighted by Crippen LogP contribution is 2.29. The minimum Gasteiger partial charge on any atom is -0.383 e. The van der Waals surface area contributed by atoms with Crippen molar-refractivity contribution in [1.29, 1.82) is 0 Å². The minimum absolute atomic E-state index is 0. The van der Waals surface area contributed by atoms with E-state index in [-0.39, 0.29) is 12.4 Å². The van der Waals surface area contributed by atoms with Crippen LogP contribution in [0.25, 0.3) is 0 Å². The third-order valence-electron chi connectivity index (χ3n) is 5.83. The summed E-state index contributed by atoms with van der Waals surface area (Å²) in [6.45, 7) is 8.25. The van der Waals surface area contributed by atoms with Crippen LogP contribution in [-0.4, -0.2) is 75.9 Å². The molecule has 0 N–H and O–H groups in total. The average molecular weight is 387 g/mol. The van der Waals surface area contributed by atoms with Gasteiger partial charge >= 0.3 is 0 Å². The van der Waals surface area contributed by atoms with Gasteiger partial charge < -0.3 is 4.74 Å². The lowest BCUT2D eigenvalue weighted by Gasteiger charge is -2.41.